The summed E-state index contributed by atoms with van der Waals surface area (Å²) in [5, 5.41) is 3.94. The van der Waals surface area contributed by atoms with Gasteiger partial charge in [-0.25, -0.2) is 4.98 Å². The van der Waals surface area contributed by atoms with Crippen molar-refractivity contribution in [3.05, 3.63) is 64.8 Å². The summed E-state index contributed by atoms with van der Waals surface area (Å²) < 4.78 is 0. The number of aromatic amines is 1. The molecule has 5 heteroatoms. The SMILES string of the molecule is CC1=CC(c2ccccc2Cl)N=C(c2ncc[nH]2)N1. The number of amidine groups is 1. The minimum atomic E-state index is -0.0879. The average molecular weight is 273 g/mol. The van der Waals surface area contributed by atoms with Gasteiger partial charge in [0, 0.05) is 23.1 Å². The standard InChI is InChI=1S/C14H13ClN4/c1-9-8-12(10-4-2-3-5-11(10)15)19-14(18-9)13-16-6-7-17-13/h2-8,12H,1H3,(H,16,17)(H,18,19). The van der Waals surface area contributed by atoms with Crippen molar-refractivity contribution in [2.45, 2.75) is 13.0 Å². The van der Waals surface area contributed by atoms with E-state index < -0.39 is 0 Å². The molecule has 0 amide bonds. The molecule has 0 fully saturated rings. The summed E-state index contributed by atoms with van der Waals surface area (Å²) in [6.07, 6.45) is 5.53. The number of aromatic nitrogens is 2. The van der Waals surface area contributed by atoms with Crippen molar-refractivity contribution in [3.63, 3.8) is 0 Å². The molecule has 3 rings (SSSR count). The lowest BCUT2D eigenvalue weighted by atomic mass is 10.1. The summed E-state index contributed by atoms with van der Waals surface area (Å²) in [6.45, 7) is 2.00. The first-order chi connectivity index (χ1) is 9.24. The molecule has 1 aromatic heterocycles. The number of allylic oxidation sites excluding steroid dienone is 1. The molecule has 1 aliphatic heterocycles. The zero-order chi connectivity index (χ0) is 13.2. The number of aliphatic imine (C=N–C) groups is 1. The summed E-state index contributed by atoms with van der Waals surface area (Å²) >= 11 is 6.24. The van der Waals surface area contributed by atoms with E-state index in [1.54, 1.807) is 12.4 Å². The molecule has 1 aromatic carbocycles. The van der Waals surface area contributed by atoms with Gasteiger partial charge in [0.25, 0.3) is 0 Å². The van der Waals surface area contributed by atoms with Crippen LogP contribution in [0.15, 0.2) is 53.4 Å². The van der Waals surface area contributed by atoms with E-state index in [9.17, 15) is 0 Å². The zero-order valence-corrected chi connectivity index (χ0v) is 11.1. The Morgan fingerprint density at radius 3 is 2.84 bits per heavy atom. The molecule has 1 unspecified atom stereocenters. The molecular weight excluding hydrogens is 260 g/mol. The number of benzene rings is 1. The smallest absolute Gasteiger partial charge is 0.173 e. The highest BCUT2D eigenvalue weighted by Crippen LogP contribution is 2.29. The first-order valence-electron chi connectivity index (χ1n) is 6.01. The average Bonchev–Trinajstić information content (AvgIpc) is 2.92. The van der Waals surface area contributed by atoms with Crippen LogP contribution in [0.5, 0.6) is 0 Å². The first kappa shape index (κ1) is 12.0. The summed E-state index contributed by atoms with van der Waals surface area (Å²) in [7, 11) is 0. The van der Waals surface area contributed by atoms with Gasteiger partial charge in [-0.3, -0.25) is 4.99 Å². The molecular formula is C14H13ClN4. The van der Waals surface area contributed by atoms with E-state index in [0.29, 0.717) is 0 Å². The largest absolute Gasteiger partial charge is 0.342 e. The van der Waals surface area contributed by atoms with E-state index in [-0.39, 0.29) is 6.04 Å². The molecule has 0 saturated heterocycles. The number of halogens is 1. The molecule has 0 bridgehead atoms. The van der Waals surface area contributed by atoms with Gasteiger partial charge >= 0.3 is 0 Å². The highest BCUT2D eigenvalue weighted by molar-refractivity contribution is 6.31. The Labute approximate surface area is 116 Å². The number of imidazole rings is 1. The molecule has 19 heavy (non-hydrogen) atoms. The normalized spacial score (nSPS) is 18.5. The molecule has 1 aliphatic rings. The van der Waals surface area contributed by atoms with Crippen LogP contribution in [0.1, 0.15) is 24.4 Å². The van der Waals surface area contributed by atoms with Crippen molar-refractivity contribution in [3.8, 4) is 0 Å². The number of hydrogen-bond acceptors (Lipinski definition) is 3. The summed E-state index contributed by atoms with van der Waals surface area (Å²) in [4.78, 5) is 11.9. The maximum absolute atomic E-state index is 6.24. The lowest BCUT2D eigenvalue weighted by Gasteiger charge is -2.20. The molecule has 0 saturated carbocycles. The monoisotopic (exact) mass is 272 g/mol. The van der Waals surface area contributed by atoms with Gasteiger partial charge in [-0.05, 0) is 24.6 Å². The van der Waals surface area contributed by atoms with Gasteiger partial charge in [-0.2, -0.15) is 0 Å². The minimum Gasteiger partial charge on any atom is -0.342 e. The second kappa shape index (κ2) is 4.90. The van der Waals surface area contributed by atoms with Crippen molar-refractivity contribution in [1.29, 1.82) is 0 Å². The Morgan fingerprint density at radius 1 is 1.26 bits per heavy atom. The number of nitrogens with one attached hydrogen (secondary N) is 2. The van der Waals surface area contributed by atoms with Crippen molar-refractivity contribution < 1.29 is 0 Å². The van der Waals surface area contributed by atoms with Crippen LogP contribution in [-0.2, 0) is 0 Å². The summed E-state index contributed by atoms with van der Waals surface area (Å²) in [6, 6.07) is 7.67. The summed E-state index contributed by atoms with van der Waals surface area (Å²) in [5.41, 5.74) is 2.03. The van der Waals surface area contributed by atoms with Crippen LogP contribution in [0.3, 0.4) is 0 Å². The number of hydrogen-bond donors (Lipinski definition) is 2. The van der Waals surface area contributed by atoms with Crippen molar-refractivity contribution in [2.75, 3.05) is 0 Å². The second-order valence-corrected chi connectivity index (χ2v) is 4.76. The lowest BCUT2D eigenvalue weighted by Crippen LogP contribution is -2.28. The number of H-pyrrole nitrogens is 1. The fraction of sp³-hybridized carbons (Fsp3) is 0.143. The van der Waals surface area contributed by atoms with Crippen molar-refractivity contribution in [1.82, 2.24) is 15.3 Å². The molecule has 96 valence electrons. The topological polar surface area (TPSA) is 53.1 Å². The van der Waals surface area contributed by atoms with Gasteiger partial charge in [-0.1, -0.05) is 29.8 Å². The second-order valence-electron chi connectivity index (χ2n) is 4.36. The van der Waals surface area contributed by atoms with Gasteiger partial charge < -0.3 is 10.3 Å². The number of rotatable bonds is 2. The Balaban J connectivity index is 2.01. The number of nitrogens with zero attached hydrogens (tertiary/aromatic N) is 2. The Morgan fingerprint density at radius 2 is 2.11 bits per heavy atom. The molecule has 2 N–H and O–H groups in total. The summed E-state index contributed by atoms with van der Waals surface area (Å²) in [5.74, 6) is 1.46. The van der Waals surface area contributed by atoms with Gasteiger partial charge in [0.1, 0.15) is 0 Å². The third-order valence-electron chi connectivity index (χ3n) is 2.94. The van der Waals surface area contributed by atoms with Gasteiger partial charge in [0.15, 0.2) is 11.7 Å². The molecule has 0 spiro atoms. The molecule has 0 radical (unpaired) electrons. The molecule has 2 heterocycles. The van der Waals surface area contributed by atoms with E-state index in [1.165, 1.54) is 0 Å². The molecule has 0 aliphatic carbocycles. The van der Waals surface area contributed by atoms with Crippen LogP contribution in [0.2, 0.25) is 5.02 Å². The fourth-order valence-corrected chi connectivity index (χ4v) is 2.31. The van der Waals surface area contributed by atoms with E-state index in [1.807, 2.05) is 37.3 Å². The quantitative estimate of drug-likeness (QED) is 0.883. The van der Waals surface area contributed by atoms with Crippen LogP contribution < -0.4 is 5.32 Å². The van der Waals surface area contributed by atoms with Crippen molar-refractivity contribution in [2.24, 2.45) is 4.99 Å². The maximum atomic E-state index is 6.24. The first-order valence-corrected chi connectivity index (χ1v) is 6.39. The maximum Gasteiger partial charge on any atom is 0.173 e. The Hall–Kier alpha value is -2.07. The van der Waals surface area contributed by atoms with Gasteiger partial charge in [-0.15, -0.1) is 0 Å². The fourth-order valence-electron chi connectivity index (χ4n) is 2.06. The van der Waals surface area contributed by atoms with E-state index in [4.69, 9.17) is 11.6 Å². The molecule has 4 nitrogen and oxygen atoms in total. The van der Waals surface area contributed by atoms with E-state index >= 15 is 0 Å². The predicted octanol–water partition coefficient (Wildman–Crippen LogP) is 3.06. The van der Waals surface area contributed by atoms with Crippen molar-refractivity contribution >= 4 is 17.4 Å². The van der Waals surface area contributed by atoms with Crippen LogP contribution in [-0.4, -0.2) is 15.8 Å². The Kier molecular flexibility index (Phi) is 3.09. The Bertz CT molecular complexity index is 643. The predicted molar refractivity (Wildman–Crippen MR) is 76.2 cm³/mol. The van der Waals surface area contributed by atoms with E-state index in [2.05, 4.69) is 20.3 Å². The zero-order valence-electron chi connectivity index (χ0n) is 10.4. The molecule has 2 aromatic rings. The lowest BCUT2D eigenvalue weighted by molar-refractivity contribution is 0.839. The highest BCUT2D eigenvalue weighted by atomic mass is 35.5. The minimum absolute atomic E-state index is 0.0879. The third kappa shape index (κ3) is 2.39. The van der Waals surface area contributed by atoms with Gasteiger partial charge in [0.05, 0.1) is 6.04 Å². The third-order valence-corrected chi connectivity index (χ3v) is 3.28. The van der Waals surface area contributed by atoms with Gasteiger partial charge in [0.2, 0.25) is 0 Å². The van der Waals surface area contributed by atoms with Crippen LogP contribution >= 0.6 is 11.6 Å². The highest BCUT2D eigenvalue weighted by Gasteiger charge is 2.18. The van der Waals surface area contributed by atoms with Crippen LogP contribution in [0, 0.1) is 0 Å². The van der Waals surface area contributed by atoms with Crippen LogP contribution in [0.25, 0.3) is 0 Å². The van der Waals surface area contributed by atoms with Crippen LogP contribution in [0.4, 0.5) is 0 Å². The molecule has 1 atom stereocenters. The van der Waals surface area contributed by atoms with E-state index in [0.717, 1.165) is 27.9 Å².